The summed E-state index contributed by atoms with van der Waals surface area (Å²) in [5, 5.41) is 8.83. The molecule has 0 aliphatic heterocycles. The highest BCUT2D eigenvalue weighted by atomic mass is 79.9. The Labute approximate surface area is 85.6 Å². The summed E-state index contributed by atoms with van der Waals surface area (Å²) < 4.78 is 5.91. The molecule has 3 nitrogen and oxygen atoms in total. The molecule has 0 unspecified atom stereocenters. The van der Waals surface area contributed by atoms with E-state index in [0.717, 1.165) is 15.8 Å². The summed E-state index contributed by atoms with van der Waals surface area (Å²) in [6.07, 6.45) is 0. The molecule has 1 aromatic rings. The Kier molecular flexibility index (Phi) is 3.71. The van der Waals surface area contributed by atoms with Crippen molar-refractivity contribution in [3.05, 3.63) is 28.2 Å². The fraction of sp³-hybridized carbons (Fsp3) is 0.333. The van der Waals surface area contributed by atoms with Crippen LogP contribution in [0, 0.1) is 0 Å². The Hall–Kier alpha value is -0.580. The molecule has 0 aliphatic rings. The van der Waals surface area contributed by atoms with Crippen molar-refractivity contribution in [2.45, 2.75) is 6.04 Å². The smallest absolute Gasteiger partial charge is 0.133 e. The lowest BCUT2D eigenvalue weighted by Gasteiger charge is -2.10. The second-order valence-corrected chi connectivity index (χ2v) is 3.54. The summed E-state index contributed by atoms with van der Waals surface area (Å²) >= 11 is 3.34. The van der Waals surface area contributed by atoms with Crippen LogP contribution in [-0.4, -0.2) is 18.8 Å². The number of rotatable bonds is 3. The number of hydrogen-bond acceptors (Lipinski definition) is 3. The monoisotopic (exact) mass is 245 g/mol. The first-order valence-electron chi connectivity index (χ1n) is 3.89. The highest BCUT2D eigenvalue weighted by molar-refractivity contribution is 9.10. The molecule has 1 atom stereocenters. The van der Waals surface area contributed by atoms with Crippen molar-refractivity contribution >= 4 is 15.9 Å². The molecule has 0 aromatic heterocycles. The zero-order valence-electron chi connectivity index (χ0n) is 7.33. The molecule has 0 heterocycles. The SMILES string of the molecule is COc1ccc([C@H](N)CO)cc1Br. The van der Waals surface area contributed by atoms with Crippen LogP contribution in [0.15, 0.2) is 22.7 Å². The Morgan fingerprint density at radius 1 is 1.62 bits per heavy atom. The summed E-state index contributed by atoms with van der Waals surface area (Å²) in [5.41, 5.74) is 6.53. The molecule has 72 valence electrons. The Balaban J connectivity index is 2.95. The van der Waals surface area contributed by atoms with Gasteiger partial charge in [0, 0.05) is 0 Å². The van der Waals surface area contributed by atoms with Crippen molar-refractivity contribution in [2.75, 3.05) is 13.7 Å². The normalized spacial score (nSPS) is 12.6. The maximum Gasteiger partial charge on any atom is 0.133 e. The molecule has 3 N–H and O–H groups in total. The van der Waals surface area contributed by atoms with Gasteiger partial charge in [-0.05, 0) is 33.6 Å². The third kappa shape index (κ3) is 2.43. The van der Waals surface area contributed by atoms with E-state index in [9.17, 15) is 0 Å². The van der Waals surface area contributed by atoms with Gasteiger partial charge in [0.15, 0.2) is 0 Å². The number of halogens is 1. The summed E-state index contributed by atoms with van der Waals surface area (Å²) in [5.74, 6) is 0.758. The lowest BCUT2D eigenvalue weighted by molar-refractivity contribution is 0.268. The van der Waals surface area contributed by atoms with Gasteiger partial charge in [0.05, 0.1) is 24.2 Å². The Morgan fingerprint density at radius 2 is 2.31 bits per heavy atom. The fourth-order valence-corrected chi connectivity index (χ4v) is 1.58. The van der Waals surface area contributed by atoms with Crippen LogP contribution in [0.4, 0.5) is 0 Å². The lowest BCUT2D eigenvalue weighted by atomic mass is 10.1. The predicted molar refractivity (Wildman–Crippen MR) is 54.7 cm³/mol. The van der Waals surface area contributed by atoms with Gasteiger partial charge < -0.3 is 15.6 Å². The van der Waals surface area contributed by atoms with Crippen LogP contribution in [0.25, 0.3) is 0 Å². The van der Waals surface area contributed by atoms with Crippen molar-refractivity contribution < 1.29 is 9.84 Å². The molecule has 0 aliphatic carbocycles. The van der Waals surface area contributed by atoms with Crippen LogP contribution >= 0.6 is 15.9 Å². The van der Waals surface area contributed by atoms with E-state index in [1.54, 1.807) is 7.11 Å². The first kappa shape index (κ1) is 10.5. The number of hydrogen-bond donors (Lipinski definition) is 2. The molecule has 0 saturated carbocycles. The zero-order chi connectivity index (χ0) is 9.84. The topological polar surface area (TPSA) is 55.5 Å². The minimum atomic E-state index is -0.331. The standard InChI is InChI=1S/C9H12BrNO2/c1-13-9-3-2-6(4-7(9)10)8(11)5-12/h2-4,8,12H,5,11H2,1H3/t8-/m1/s1. The van der Waals surface area contributed by atoms with E-state index >= 15 is 0 Å². The minimum Gasteiger partial charge on any atom is -0.496 e. The molecule has 0 radical (unpaired) electrons. The first-order valence-corrected chi connectivity index (χ1v) is 4.68. The second-order valence-electron chi connectivity index (χ2n) is 2.68. The van der Waals surface area contributed by atoms with Gasteiger partial charge in [-0.3, -0.25) is 0 Å². The third-order valence-electron chi connectivity index (χ3n) is 1.80. The first-order chi connectivity index (χ1) is 6.19. The number of aliphatic hydroxyl groups excluding tert-OH is 1. The maximum absolute atomic E-state index is 8.83. The van der Waals surface area contributed by atoms with E-state index in [4.69, 9.17) is 15.6 Å². The molecule has 4 heteroatoms. The number of benzene rings is 1. The third-order valence-corrected chi connectivity index (χ3v) is 2.42. The summed E-state index contributed by atoms with van der Waals surface area (Å²) in [6.45, 7) is -0.0568. The van der Waals surface area contributed by atoms with E-state index < -0.39 is 0 Å². The van der Waals surface area contributed by atoms with Crippen molar-refractivity contribution in [1.82, 2.24) is 0 Å². The van der Waals surface area contributed by atoms with Gasteiger partial charge in [0.1, 0.15) is 5.75 Å². The van der Waals surface area contributed by atoms with Gasteiger partial charge >= 0.3 is 0 Å². The summed E-state index contributed by atoms with van der Waals surface area (Å²) in [4.78, 5) is 0. The maximum atomic E-state index is 8.83. The number of methoxy groups -OCH3 is 1. The van der Waals surface area contributed by atoms with Crippen LogP contribution < -0.4 is 10.5 Å². The van der Waals surface area contributed by atoms with Gasteiger partial charge in [0.25, 0.3) is 0 Å². The molecule has 0 amide bonds. The van der Waals surface area contributed by atoms with Crippen LogP contribution in [0.3, 0.4) is 0 Å². The van der Waals surface area contributed by atoms with Gasteiger partial charge in [-0.15, -0.1) is 0 Å². The molecule has 1 rings (SSSR count). The van der Waals surface area contributed by atoms with E-state index in [2.05, 4.69) is 15.9 Å². The summed E-state index contributed by atoms with van der Waals surface area (Å²) in [7, 11) is 1.60. The average molecular weight is 246 g/mol. The van der Waals surface area contributed by atoms with Crippen molar-refractivity contribution in [3.8, 4) is 5.75 Å². The van der Waals surface area contributed by atoms with Crippen LogP contribution in [0.1, 0.15) is 11.6 Å². The second kappa shape index (κ2) is 4.60. The molecule has 1 aromatic carbocycles. The molecular weight excluding hydrogens is 234 g/mol. The van der Waals surface area contributed by atoms with Crippen molar-refractivity contribution in [2.24, 2.45) is 5.73 Å². The molecule has 13 heavy (non-hydrogen) atoms. The number of aliphatic hydroxyl groups is 1. The highest BCUT2D eigenvalue weighted by Gasteiger charge is 2.06. The molecule has 0 saturated heterocycles. The van der Waals surface area contributed by atoms with Crippen molar-refractivity contribution in [1.29, 1.82) is 0 Å². The van der Waals surface area contributed by atoms with E-state index in [1.165, 1.54) is 0 Å². The number of nitrogens with two attached hydrogens (primary N) is 1. The van der Waals surface area contributed by atoms with Gasteiger partial charge in [0.2, 0.25) is 0 Å². The molecular formula is C9H12BrNO2. The van der Waals surface area contributed by atoms with Gasteiger partial charge in [-0.2, -0.15) is 0 Å². The van der Waals surface area contributed by atoms with E-state index in [0.29, 0.717) is 0 Å². The Bertz CT molecular complexity index is 291. The minimum absolute atomic E-state index is 0.0568. The molecule has 0 bridgehead atoms. The van der Waals surface area contributed by atoms with E-state index in [-0.39, 0.29) is 12.6 Å². The predicted octanol–water partition coefficient (Wildman–Crippen LogP) is 1.45. The van der Waals surface area contributed by atoms with Gasteiger partial charge in [-0.25, -0.2) is 0 Å². The zero-order valence-corrected chi connectivity index (χ0v) is 8.91. The Morgan fingerprint density at radius 3 is 2.77 bits per heavy atom. The van der Waals surface area contributed by atoms with Crippen LogP contribution in [-0.2, 0) is 0 Å². The summed E-state index contributed by atoms with van der Waals surface area (Å²) in [6, 6.07) is 5.17. The largest absolute Gasteiger partial charge is 0.496 e. The quantitative estimate of drug-likeness (QED) is 0.848. The average Bonchev–Trinajstić information content (AvgIpc) is 2.16. The fourth-order valence-electron chi connectivity index (χ4n) is 1.02. The van der Waals surface area contributed by atoms with Crippen LogP contribution in [0.2, 0.25) is 0 Å². The highest BCUT2D eigenvalue weighted by Crippen LogP contribution is 2.27. The number of ether oxygens (including phenoxy) is 1. The van der Waals surface area contributed by atoms with Crippen molar-refractivity contribution in [3.63, 3.8) is 0 Å². The lowest BCUT2D eigenvalue weighted by Crippen LogP contribution is -2.14. The van der Waals surface area contributed by atoms with Gasteiger partial charge in [-0.1, -0.05) is 6.07 Å². The molecule has 0 spiro atoms. The van der Waals surface area contributed by atoms with Crippen LogP contribution in [0.5, 0.6) is 5.75 Å². The molecule has 0 fully saturated rings. The van der Waals surface area contributed by atoms with E-state index in [1.807, 2.05) is 18.2 Å².